The largest absolute Gasteiger partial charge is 0.504 e. The molecule has 0 heterocycles. The third-order valence-electron chi connectivity index (χ3n) is 5.19. The molecule has 0 spiro atoms. The topological polar surface area (TPSA) is 62.5 Å². The maximum absolute atomic E-state index is 9.60. The van der Waals surface area contributed by atoms with Gasteiger partial charge in [-0.25, -0.2) is 0 Å². The number of unbranched alkanes of at least 4 members (excludes halogenated alkanes) is 13. The molecule has 0 aromatic heterocycles. The van der Waals surface area contributed by atoms with E-state index in [2.05, 4.69) is 6.92 Å². The predicted molar refractivity (Wildman–Crippen MR) is 125 cm³/mol. The third kappa shape index (κ3) is 13.4. The van der Waals surface area contributed by atoms with E-state index in [1.807, 2.05) is 0 Å². The zero-order valence-corrected chi connectivity index (χ0v) is 19.3. The molecule has 0 aliphatic carbocycles. The lowest BCUT2D eigenvalue weighted by Crippen LogP contribution is -2.06. The second-order valence-electron chi connectivity index (χ2n) is 7.66. The molecule has 0 saturated heterocycles. The number of methoxy groups -OCH3 is 1. The van der Waals surface area contributed by atoms with Crippen LogP contribution in [0.5, 0.6) is 11.5 Å². The number of aromatic hydroxyl groups is 1. The molecule has 0 saturated carbocycles. The van der Waals surface area contributed by atoms with Crippen molar-refractivity contribution in [2.24, 2.45) is 0 Å². The first-order valence-electron chi connectivity index (χ1n) is 11.3. The van der Waals surface area contributed by atoms with Gasteiger partial charge in [-0.05, 0) is 24.6 Å². The molecule has 4 nitrogen and oxygen atoms in total. The summed E-state index contributed by atoms with van der Waals surface area (Å²) in [4.78, 5) is 0. The van der Waals surface area contributed by atoms with E-state index in [1.54, 1.807) is 12.1 Å². The minimum absolute atomic E-state index is 0. The van der Waals surface area contributed by atoms with Crippen molar-refractivity contribution < 1.29 is 14.6 Å². The first-order valence-corrected chi connectivity index (χ1v) is 11.3. The van der Waals surface area contributed by atoms with E-state index >= 15 is 0 Å². The Labute approximate surface area is 184 Å². The van der Waals surface area contributed by atoms with Crippen molar-refractivity contribution in [1.29, 1.82) is 5.41 Å². The molecule has 0 fully saturated rings. The highest BCUT2D eigenvalue weighted by molar-refractivity contribution is 5.92. The summed E-state index contributed by atoms with van der Waals surface area (Å²) in [6.07, 6.45) is 18.6. The van der Waals surface area contributed by atoms with E-state index in [-0.39, 0.29) is 24.1 Å². The zero-order chi connectivity index (χ0) is 20.5. The molecule has 0 unspecified atom stereocenters. The summed E-state index contributed by atoms with van der Waals surface area (Å²) in [6.45, 7) is 2.84. The number of phenols is 1. The van der Waals surface area contributed by atoms with Crippen molar-refractivity contribution in [1.82, 2.24) is 0 Å². The van der Waals surface area contributed by atoms with Gasteiger partial charge >= 0.3 is 0 Å². The summed E-state index contributed by atoms with van der Waals surface area (Å²) in [5, 5.41) is 17.6. The van der Waals surface area contributed by atoms with Gasteiger partial charge in [0.15, 0.2) is 11.5 Å². The van der Waals surface area contributed by atoms with E-state index in [0.717, 1.165) is 12.8 Å². The number of phenolic OH excluding ortho intramolecular Hbond substituents is 1. The Kier molecular flexibility index (Phi) is 17.7. The molecule has 1 aromatic carbocycles. The van der Waals surface area contributed by atoms with Gasteiger partial charge in [0.25, 0.3) is 0 Å². The summed E-state index contributed by atoms with van der Waals surface area (Å²) >= 11 is 0. The molecule has 0 amide bonds. The smallest absolute Gasteiger partial charge is 0.213 e. The molecule has 0 aliphatic heterocycles. The van der Waals surface area contributed by atoms with Crippen LogP contribution < -0.4 is 4.74 Å². The van der Waals surface area contributed by atoms with Crippen molar-refractivity contribution in [2.75, 3.05) is 13.7 Å². The third-order valence-corrected chi connectivity index (χ3v) is 5.19. The maximum atomic E-state index is 9.60. The van der Waals surface area contributed by atoms with Gasteiger partial charge in [-0.15, -0.1) is 12.4 Å². The lowest BCUT2D eigenvalue weighted by Gasteiger charge is -2.09. The Hall–Kier alpha value is -1.42. The number of hydrogen-bond acceptors (Lipinski definition) is 4. The van der Waals surface area contributed by atoms with E-state index in [4.69, 9.17) is 14.9 Å². The fraction of sp³-hybridized carbons (Fsp3) is 0.708. The highest BCUT2D eigenvalue weighted by Gasteiger charge is 2.07. The molecule has 0 aliphatic rings. The number of rotatable bonds is 17. The van der Waals surface area contributed by atoms with Crippen LogP contribution in [0, 0.1) is 5.41 Å². The number of hydrogen-bond donors (Lipinski definition) is 2. The van der Waals surface area contributed by atoms with Crippen LogP contribution >= 0.6 is 12.4 Å². The number of benzene rings is 1. The number of nitrogens with one attached hydrogen (secondary N) is 1. The number of halogens is 1. The average Bonchev–Trinajstić information content (AvgIpc) is 2.71. The molecule has 0 radical (unpaired) electrons. The molecule has 0 atom stereocenters. The van der Waals surface area contributed by atoms with Crippen LogP contribution in [0.3, 0.4) is 0 Å². The quantitative estimate of drug-likeness (QED) is 0.152. The Bertz CT molecular complexity index is 537. The fourth-order valence-corrected chi connectivity index (χ4v) is 3.37. The highest BCUT2D eigenvalue weighted by Crippen LogP contribution is 2.26. The van der Waals surface area contributed by atoms with Crippen molar-refractivity contribution in [3.05, 3.63) is 23.8 Å². The van der Waals surface area contributed by atoms with Crippen LogP contribution in [0.25, 0.3) is 0 Å². The monoisotopic (exact) mass is 427 g/mol. The predicted octanol–water partition coefficient (Wildman–Crippen LogP) is 7.65. The van der Waals surface area contributed by atoms with Gasteiger partial charge in [0.2, 0.25) is 5.90 Å². The van der Waals surface area contributed by atoms with Crippen LogP contribution in [0.2, 0.25) is 0 Å². The first kappa shape index (κ1) is 27.6. The molecule has 168 valence electrons. The summed E-state index contributed by atoms with van der Waals surface area (Å²) in [5.74, 6) is 0.571. The Morgan fingerprint density at radius 1 is 0.828 bits per heavy atom. The van der Waals surface area contributed by atoms with Crippen molar-refractivity contribution in [3.63, 3.8) is 0 Å². The van der Waals surface area contributed by atoms with Crippen molar-refractivity contribution in [3.8, 4) is 11.5 Å². The number of ether oxygens (including phenoxy) is 2. The molecule has 0 bridgehead atoms. The van der Waals surface area contributed by atoms with Crippen LogP contribution in [0.15, 0.2) is 18.2 Å². The van der Waals surface area contributed by atoms with Gasteiger partial charge < -0.3 is 14.6 Å². The highest BCUT2D eigenvalue weighted by atomic mass is 35.5. The first-order chi connectivity index (χ1) is 13.7. The normalized spacial score (nSPS) is 10.4. The summed E-state index contributed by atoms with van der Waals surface area (Å²) in [6, 6.07) is 4.83. The SMILES string of the molecule is CCCCCCCCCCCCCCCCOC(=N)c1ccc(O)c(OC)c1.Cl. The standard InChI is InChI=1S/C24H41NO3.ClH/c1-3-4-5-6-7-8-9-10-11-12-13-14-15-16-19-28-24(25)21-17-18-22(26)23(20-21)27-2;/h17-18,20,25-26H,3-16,19H2,1-2H3;1H. The van der Waals surface area contributed by atoms with Gasteiger partial charge in [-0.2, -0.15) is 0 Å². The fourth-order valence-electron chi connectivity index (χ4n) is 3.37. The van der Waals surface area contributed by atoms with Gasteiger partial charge in [-0.1, -0.05) is 90.4 Å². The van der Waals surface area contributed by atoms with Crippen LogP contribution in [0.4, 0.5) is 0 Å². The molecule has 1 rings (SSSR count). The molecule has 1 aromatic rings. The summed E-state index contributed by atoms with van der Waals surface area (Å²) in [7, 11) is 1.50. The lowest BCUT2D eigenvalue weighted by molar-refractivity contribution is 0.290. The van der Waals surface area contributed by atoms with Gasteiger partial charge in [0, 0.05) is 5.56 Å². The molecular formula is C24H42ClNO3. The zero-order valence-electron chi connectivity index (χ0n) is 18.5. The summed E-state index contributed by atoms with van der Waals surface area (Å²) < 4.78 is 10.6. The van der Waals surface area contributed by atoms with Crippen LogP contribution in [-0.4, -0.2) is 24.7 Å². The van der Waals surface area contributed by atoms with Crippen LogP contribution in [-0.2, 0) is 4.74 Å². The van der Waals surface area contributed by atoms with E-state index in [9.17, 15) is 5.11 Å². The molecule has 5 heteroatoms. The van der Waals surface area contributed by atoms with Gasteiger partial charge in [-0.3, -0.25) is 5.41 Å². The second-order valence-corrected chi connectivity index (χ2v) is 7.66. The second kappa shape index (κ2) is 18.6. The Morgan fingerprint density at radius 2 is 1.31 bits per heavy atom. The summed E-state index contributed by atoms with van der Waals surface area (Å²) in [5.41, 5.74) is 0.625. The molecule has 29 heavy (non-hydrogen) atoms. The van der Waals surface area contributed by atoms with Gasteiger partial charge in [0.05, 0.1) is 13.7 Å². The Balaban J connectivity index is 0.00000784. The average molecular weight is 428 g/mol. The van der Waals surface area contributed by atoms with E-state index in [1.165, 1.54) is 90.2 Å². The molecular weight excluding hydrogens is 386 g/mol. The van der Waals surface area contributed by atoms with Gasteiger partial charge in [0.1, 0.15) is 0 Å². The lowest BCUT2D eigenvalue weighted by atomic mass is 10.0. The van der Waals surface area contributed by atoms with Crippen LogP contribution in [0.1, 0.15) is 102 Å². The minimum atomic E-state index is 0. The minimum Gasteiger partial charge on any atom is -0.504 e. The van der Waals surface area contributed by atoms with Crippen molar-refractivity contribution >= 4 is 18.3 Å². The van der Waals surface area contributed by atoms with E-state index in [0.29, 0.717) is 17.9 Å². The van der Waals surface area contributed by atoms with Crippen molar-refractivity contribution in [2.45, 2.75) is 96.8 Å². The molecule has 2 N–H and O–H groups in total. The maximum Gasteiger partial charge on any atom is 0.213 e. The Morgan fingerprint density at radius 3 is 1.79 bits per heavy atom. The van der Waals surface area contributed by atoms with E-state index < -0.39 is 0 Å².